The molecule has 1 aromatic carbocycles. The molecule has 5 fully saturated rings. The fourth-order valence-electron chi connectivity index (χ4n) is 13.0. The minimum atomic E-state index is -0.308. The first-order chi connectivity index (χ1) is 19.8. The number of nitrogens with zero attached hydrogens (tertiary/aromatic N) is 1. The van der Waals surface area contributed by atoms with Crippen LogP contribution in [0.15, 0.2) is 42.5 Å². The van der Waals surface area contributed by atoms with E-state index < -0.39 is 0 Å². The van der Waals surface area contributed by atoms with Crippen LogP contribution in [0.2, 0.25) is 0 Å². The lowest BCUT2D eigenvalue weighted by Gasteiger charge is -2.70. The molecule has 1 amide bonds. The van der Waals surface area contributed by atoms with Gasteiger partial charge in [0, 0.05) is 18.7 Å². The number of anilines is 1. The summed E-state index contributed by atoms with van der Waals surface area (Å²) in [6, 6.07) is 10.6. The molecule has 0 N–H and O–H groups in total. The fraction of sp³-hybridized carbons (Fsp3) is 0.737. The van der Waals surface area contributed by atoms with E-state index in [9.17, 15) is 9.59 Å². The zero-order valence-corrected chi connectivity index (χ0v) is 27.4. The van der Waals surface area contributed by atoms with Gasteiger partial charge in [0.15, 0.2) is 0 Å². The monoisotopic (exact) mass is 573 g/mol. The maximum Gasteiger partial charge on any atom is 0.312 e. The highest BCUT2D eigenvalue weighted by molar-refractivity contribution is 5.92. The smallest absolute Gasteiger partial charge is 0.312 e. The molecule has 10 atom stereocenters. The number of para-hydroxylation sites is 1. The average molecular weight is 574 g/mol. The molecule has 5 aliphatic carbocycles. The summed E-state index contributed by atoms with van der Waals surface area (Å²) in [5, 5.41) is 0. The Morgan fingerprint density at radius 3 is 2.14 bits per heavy atom. The van der Waals surface area contributed by atoms with Gasteiger partial charge in [-0.05, 0) is 135 Å². The van der Waals surface area contributed by atoms with Crippen LogP contribution in [-0.4, -0.2) is 25.0 Å². The lowest BCUT2D eigenvalue weighted by molar-refractivity contribution is -0.205. The van der Waals surface area contributed by atoms with Gasteiger partial charge in [-0.15, -0.1) is 0 Å². The zero-order chi connectivity index (χ0) is 30.2. The van der Waals surface area contributed by atoms with E-state index in [1.807, 2.05) is 6.07 Å². The van der Waals surface area contributed by atoms with Crippen LogP contribution in [0.4, 0.5) is 5.69 Å². The Kier molecular flexibility index (Phi) is 7.30. The molecule has 1 aromatic rings. The zero-order valence-electron chi connectivity index (χ0n) is 27.4. The van der Waals surface area contributed by atoms with E-state index in [4.69, 9.17) is 4.74 Å². The summed E-state index contributed by atoms with van der Waals surface area (Å²) >= 11 is 0. The lowest BCUT2D eigenvalue weighted by atomic mass is 9.36. The topological polar surface area (TPSA) is 46.6 Å². The van der Waals surface area contributed by atoms with Gasteiger partial charge in [0.2, 0.25) is 5.91 Å². The minimum absolute atomic E-state index is 0.0236. The van der Waals surface area contributed by atoms with Crippen LogP contribution in [0, 0.1) is 57.2 Å². The summed E-state index contributed by atoms with van der Waals surface area (Å²) in [7, 11) is 1.60. The van der Waals surface area contributed by atoms with Crippen molar-refractivity contribution < 1.29 is 14.3 Å². The number of benzene rings is 1. The van der Waals surface area contributed by atoms with Crippen molar-refractivity contribution in [3.05, 3.63) is 42.5 Å². The first-order valence-electron chi connectivity index (χ1n) is 16.9. The highest BCUT2D eigenvalue weighted by atomic mass is 16.5. The number of carbonyl (C=O) groups excluding carboxylic acids is 2. The molecule has 0 radical (unpaired) electrons. The molecule has 0 saturated heterocycles. The Bertz CT molecular complexity index is 1240. The van der Waals surface area contributed by atoms with Crippen molar-refractivity contribution in [2.45, 2.75) is 112 Å². The Morgan fingerprint density at radius 2 is 1.50 bits per heavy atom. The molecule has 4 heteroatoms. The van der Waals surface area contributed by atoms with Gasteiger partial charge in [-0.2, -0.15) is 0 Å². The van der Waals surface area contributed by atoms with E-state index in [0.29, 0.717) is 40.9 Å². The SMILES string of the molecule is C=C(C)[C@@H]1CC[C@]2(C(=O)OC)CCC3C(CCC4[C@@]3(C)CCC3C(C)(C)[C@@H](N(C(C)=O)c5ccccc5)CC[C@@]34C)C12. The minimum Gasteiger partial charge on any atom is -0.469 e. The van der Waals surface area contributed by atoms with Crippen molar-refractivity contribution in [1.29, 1.82) is 0 Å². The fourth-order valence-corrected chi connectivity index (χ4v) is 13.0. The number of carbonyl (C=O) groups is 2. The highest BCUT2D eigenvalue weighted by Crippen LogP contribution is 2.74. The third-order valence-electron chi connectivity index (χ3n) is 14.5. The van der Waals surface area contributed by atoms with Crippen LogP contribution in [0.3, 0.4) is 0 Å². The quantitative estimate of drug-likeness (QED) is 0.267. The molecule has 5 unspecified atom stereocenters. The van der Waals surface area contributed by atoms with Crippen molar-refractivity contribution in [3.8, 4) is 0 Å². The lowest BCUT2D eigenvalue weighted by Crippen LogP contribution is -2.65. The summed E-state index contributed by atoms with van der Waals surface area (Å²) in [5.41, 5.74) is 2.57. The van der Waals surface area contributed by atoms with Gasteiger partial charge in [0.25, 0.3) is 0 Å². The number of allylic oxidation sites excluding steroid dienone is 1. The van der Waals surface area contributed by atoms with Gasteiger partial charge >= 0.3 is 5.97 Å². The van der Waals surface area contributed by atoms with Crippen LogP contribution in [0.5, 0.6) is 0 Å². The number of rotatable bonds is 4. The average Bonchev–Trinajstić information content (AvgIpc) is 3.36. The number of amides is 1. The summed E-state index contributed by atoms with van der Waals surface area (Å²) in [6.45, 7) is 18.6. The normalized spacial score (nSPS) is 43.6. The Hall–Kier alpha value is -2.10. The second-order valence-electron chi connectivity index (χ2n) is 16.3. The van der Waals surface area contributed by atoms with E-state index in [-0.39, 0.29) is 34.2 Å². The van der Waals surface area contributed by atoms with Crippen LogP contribution in [0.25, 0.3) is 0 Å². The van der Waals surface area contributed by atoms with Crippen LogP contribution in [0.1, 0.15) is 106 Å². The number of methoxy groups -OCH3 is 1. The first kappa shape index (κ1) is 29.9. The van der Waals surface area contributed by atoms with Gasteiger partial charge in [-0.3, -0.25) is 9.59 Å². The van der Waals surface area contributed by atoms with E-state index in [2.05, 4.69) is 70.4 Å². The van der Waals surface area contributed by atoms with Gasteiger partial charge in [0.05, 0.1) is 12.5 Å². The number of hydrogen-bond acceptors (Lipinski definition) is 3. The molecule has 5 saturated carbocycles. The summed E-state index contributed by atoms with van der Waals surface area (Å²) < 4.78 is 5.53. The maximum absolute atomic E-state index is 13.4. The number of esters is 1. The van der Waals surface area contributed by atoms with E-state index in [1.54, 1.807) is 14.0 Å². The molecular formula is C38H55NO3. The Labute approximate surface area is 255 Å². The van der Waals surface area contributed by atoms with Crippen LogP contribution >= 0.6 is 0 Å². The Morgan fingerprint density at radius 1 is 0.833 bits per heavy atom. The number of hydrogen-bond donors (Lipinski definition) is 0. The standard InChI is InChI=1S/C38H55NO3/c1-24(2)27-16-22-38(34(41)42-8)23-17-29-28(33(27)38)14-15-31-36(29,6)20-18-30-35(4,5)32(19-21-37(30,31)7)39(25(3)40)26-12-10-9-11-13-26/h9-13,27-33H,1,14-23H2,2-8H3/t27-,28?,29?,30?,31?,32-,33?,36-,37-,38-/m0/s1. The third kappa shape index (κ3) is 4.05. The van der Waals surface area contributed by atoms with Gasteiger partial charge in [0.1, 0.15) is 0 Å². The van der Waals surface area contributed by atoms with Gasteiger partial charge < -0.3 is 9.64 Å². The number of ether oxygens (including phenoxy) is 1. The van der Waals surface area contributed by atoms with Crippen LogP contribution < -0.4 is 4.90 Å². The molecule has 6 rings (SSSR count). The van der Waals surface area contributed by atoms with Gasteiger partial charge in [-0.1, -0.05) is 58.0 Å². The van der Waals surface area contributed by atoms with Crippen molar-refractivity contribution in [3.63, 3.8) is 0 Å². The highest BCUT2D eigenvalue weighted by Gasteiger charge is 2.68. The molecule has 0 spiro atoms. The van der Waals surface area contributed by atoms with Crippen molar-refractivity contribution in [2.75, 3.05) is 12.0 Å². The number of fused-ring (bicyclic) bond motifs is 7. The van der Waals surface area contributed by atoms with Crippen molar-refractivity contribution >= 4 is 17.6 Å². The predicted octanol–water partition coefficient (Wildman–Crippen LogP) is 8.85. The largest absolute Gasteiger partial charge is 0.469 e. The van der Waals surface area contributed by atoms with Crippen molar-refractivity contribution in [1.82, 2.24) is 0 Å². The molecular weight excluding hydrogens is 518 g/mol. The molecule has 0 bridgehead atoms. The molecule has 4 nitrogen and oxygen atoms in total. The van der Waals surface area contributed by atoms with Crippen molar-refractivity contribution in [2.24, 2.45) is 57.2 Å². The second kappa shape index (κ2) is 10.2. The second-order valence-corrected chi connectivity index (χ2v) is 16.3. The first-order valence-corrected chi connectivity index (χ1v) is 16.9. The molecule has 5 aliphatic rings. The predicted molar refractivity (Wildman–Crippen MR) is 170 cm³/mol. The third-order valence-corrected chi connectivity index (χ3v) is 14.5. The van der Waals surface area contributed by atoms with E-state index >= 15 is 0 Å². The molecule has 0 aliphatic heterocycles. The molecule has 0 heterocycles. The molecule has 0 aromatic heterocycles. The summed E-state index contributed by atoms with van der Waals surface area (Å²) in [4.78, 5) is 28.7. The van der Waals surface area contributed by atoms with Gasteiger partial charge in [-0.25, -0.2) is 0 Å². The van der Waals surface area contributed by atoms with Crippen LogP contribution in [-0.2, 0) is 14.3 Å². The van der Waals surface area contributed by atoms with E-state index in [0.717, 1.165) is 37.8 Å². The summed E-state index contributed by atoms with van der Waals surface area (Å²) in [5.74, 6) is 3.53. The molecule has 230 valence electrons. The Balaban J connectivity index is 1.32. The molecule has 42 heavy (non-hydrogen) atoms. The maximum atomic E-state index is 13.4. The summed E-state index contributed by atoms with van der Waals surface area (Å²) in [6.07, 6.45) is 11.4. The van der Waals surface area contributed by atoms with E-state index in [1.165, 1.54) is 37.7 Å².